The van der Waals surface area contributed by atoms with Crippen LogP contribution in [-0.4, -0.2) is 31.5 Å². The monoisotopic (exact) mass is 436 g/mol. The van der Waals surface area contributed by atoms with Crippen molar-refractivity contribution in [2.45, 2.75) is 64.7 Å². The molecule has 3 nitrogen and oxygen atoms in total. The summed E-state index contributed by atoms with van der Waals surface area (Å²) in [6, 6.07) is 14.6. The van der Waals surface area contributed by atoms with Crippen molar-refractivity contribution in [1.82, 2.24) is 0 Å². The summed E-state index contributed by atoms with van der Waals surface area (Å²) >= 11 is 0. The number of unbranched alkanes of at least 4 members (excludes halogenated alkanes) is 4. The van der Waals surface area contributed by atoms with Crippen molar-refractivity contribution in [2.75, 3.05) is 13.2 Å². The van der Waals surface area contributed by atoms with Crippen LogP contribution in [0.4, 0.5) is 13.2 Å². The molecule has 2 rings (SSSR count). The first-order valence-corrected chi connectivity index (χ1v) is 10.9. The maximum atomic E-state index is 13.0. The van der Waals surface area contributed by atoms with Crippen LogP contribution in [0.3, 0.4) is 0 Å². The molecule has 6 heteroatoms. The maximum absolute atomic E-state index is 13.0. The second-order valence-electron chi connectivity index (χ2n) is 7.53. The number of ether oxygens (including phenoxy) is 2. The molecule has 1 unspecified atom stereocenters. The highest BCUT2D eigenvalue weighted by Crippen LogP contribution is 2.25. The minimum Gasteiger partial charge on any atom is -0.447 e. The van der Waals surface area contributed by atoms with E-state index in [2.05, 4.69) is 23.8 Å². The first-order chi connectivity index (χ1) is 14.8. The van der Waals surface area contributed by atoms with Gasteiger partial charge in [0.05, 0.1) is 12.2 Å². The lowest BCUT2D eigenvalue weighted by Crippen LogP contribution is -2.37. The molecule has 1 atom stereocenters. The van der Waals surface area contributed by atoms with Gasteiger partial charge in [-0.1, -0.05) is 69.0 Å². The Morgan fingerprint density at radius 1 is 0.871 bits per heavy atom. The highest BCUT2D eigenvalue weighted by atomic mass is 19.4. The van der Waals surface area contributed by atoms with E-state index in [1.165, 1.54) is 49.8 Å². The van der Waals surface area contributed by atoms with Gasteiger partial charge >= 0.3 is 12.1 Å². The van der Waals surface area contributed by atoms with Gasteiger partial charge in [0.15, 0.2) is 0 Å². The number of alkyl halides is 3. The molecule has 170 valence electrons. The van der Waals surface area contributed by atoms with Crippen molar-refractivity contribution in [3.8, 4) is 11.1 Å². The highest BCUT2D eigenvalue weighted by molar-refractivity contribution is 5.90. The molecule has 0 fully saturated rings. The third-order valence-electron chi connectivity index (χ3n) is 5.06. The smallest absolute Gasteiger partial charge is 0.427 e. The molecular weight excluding hydrogens is 405 g/mol. The molecule has 0 amide bonds. The van der Waals surface area contributed by atoms with Gasteiger partial charge in [0.25, 0.3) is 0 Å². The van der Waals surface area contributed by atoms with E-state index in [0.29, 0.717) is 0 Å². The molecule has 31 heavy (non-hydrogen) atoms. The van der Waals surface area contributed by atoms with E-state index in [4.69, 9.17) is 4.74 Å². The molecule has 0 N–H and O–H groups in total. The number of benzene rings is 2. The van der Waals surface area contributed by atoms with Crippen LogP contribution >= 0.6 is 0 Å². The zero-order valence-electron chi connectivity index (χ0n) is 18.2. The zero-order valence-corrected chi connectivity index (χ0v) is 18.2. The summed E-state index contributed by atoms with van der Waals surface area (Å²) < 4.78 is 48.5. The molecule has 2 aromatic carbocycles. The van der Waals surface area contributed by atoms with Crippen LogP contribution in [0.15, 0.2) is 48.5 Å². The summed E-state index contributed by atoms with van der Waals surface area (Å²) in [5, 5.41) is 0. The van der Waals surface area contributed by atoms with E-state index in [-0.39, 0.29) is 12.2 Å². The van der Waals surface area contributed by atoms with E-state index in [1.807, 2.05) is 12.1 Å². The van der Waals surface area contributed by atoms with Crippen molar-refractivity contribution < 1.29 is 27.4 Å². The van der Waals surface area contributed by atoms with E-state index < -0.39 is 24.9 Å². The molecule has 0 aromatic heterocycles. The number of carbonyl (C=O) groups is 1. The Labute approximate surface area is 182 Å². The first-order valence-electron chi connectivity index (χ1n) is 10.9. The average molecular weight is 437 g/mol. The van der Waals surface area contributed by atoms with Crippen molar-refractivity contribution in [3.05, 3.63) is 59.7 Å². The predicted molar refractivity (Wildman–Crippen MR) is 116 cm³/mol. The zero-order chi connectivity index (χ0) is 22.7. The van der Waals surface area contributed by atoms with Gasteiger partial charge in [-0.15, -0.1) is 0 Å². The Kier molecular flexibility index (Phi) is 10.0. The molecule has 0 bridgehead atoms. The van der Waals surface area contributed by atoms with Gasteiger partial charge in [0.2, 0.25) is 6.10 Å². The molecule has 0 spiro atoms. The number of esters is 1. The summed E-state index contributed by atoms with van der Waals surface area (Å²) in [6.45, 7) is 3.18. The maximum Gasteiger partial charge on any atom is 0.427 e. The minimum atomic E-state index is -4.68. The van der Waals surface area contributed by atoms with E-state index in [0.717, 1.165) is 17.5 Å². The lowest BCUT2D eigenvalue weighted by Gasteiger charge is -2.20. The standard InChI is InChI=1S/C25H31F3O3/c1-3-5-6-7-8-9-19-10-12-20(13-11-19)21-14-16-22(17-15-21)24(29)31-23(18-30-4-2)25(26,27)28/h10-17,23H,3-9,18H2,1-2H3. The third kappa shape index (κ3) is 8.37. The average Bonchev–Trinajstić information content (AvgIpc) is 2.76. The van der Waals surface area contributed by atoms with Crippen LogP contribution in [0, 0.1) is 0 Å². The van der Waals surface area contributed by atoms with Crippen LogP contribution in [-0.2, 0) is 15.9 Å². The summed E-state index contributed by atoms with van der Waals surface area (Å²) in [6.07, 6.45) is 0.311. The molecular formula is C25H31F3O3. The summed E-state index contributed by atoms with van der Waals surface area (Å²) in [5.41, 5.74) is 3.22. The normalized spacial score (nSPS) is 12.5. The Morgan fingerprint density at radius 3 is 2.00 bits per heavy atom. The van der Waals surface area contributed by atoms with Gasteiger partial charge in [-0.2, -0.15) is 13.2 Å². The topological polar surface area (TPSA) is 35.5 Å². The van der Waals surface area contributed by atoms with Crippen molar-refractivity contribution in [2.24, 2.45) is 0 Å². The number of hydrogen-bond donors (Lipinski definition) is 0. The second kappa shape index (κ2) is 12.5. The Hall–Kier alpha value is -2.34. The van der Waals surface area contributed by atoms with Gasteiger partial charge in [-0.05, 0) is 48.6 Å². The lowest BCUT2D eigenvalue weighted by molar-refractivity contribution is -0.217. The van der Waals surface area contributed by atoms with Gasteiger partial charge in [0.1, 0.15) is 0 Å². The van der Waals surface area contributed by atoms with Gasteiger partial charge in [-0.3, -0.25) is 0 Å². The fraction of sp³-hybridized carbons (Fsp3) is 0.480. The number of halogens is 3. The van der Waals surface area contributed by atoms with Crippen LogP contribution in [0.25, 0.3) is 11.1 Å². The molecule has 0 heterocycles. The van der Waals surface area contributed by atoms with Gasteiger partial charge in [-0.25, -0.2) is 4.79 Å². The minimum absolute atomic E-state index is 0.0678. The van der Waals surface area contributed by atoms with E-state index >= 15 is 0 Å². The van der Waals surface area contributed by atoms with Gasteiger partial charge in [0, 0.05) is 6.61 Å². The van der Waals surface area contributed by atoms with Gasteiger partial charge < -0.3 is 9.47 Å². The Balaban J connectivity index is 1.95. The fourth-order valence-electron chi connectivity index (χ4n) is 3.21. The molecule has 0 radical (unpaired) electrons. The summed E-state index contributed by atoms with van der Waals surface area (Å²) in [4.78, 5) is 12.1. The molecule has 0 saturated heterocycles. The lowest BCUT2D eigenvalue weighted by atomic mass is 10.00. The van der Waals surface area contributed by atoms with Crippen molar-refractivity contribution in [3.63, 3.8) is 0 Å². The summed E-state index contributed by atoms with van der Waals surface area (Å²) in [5.74, 6) is -1.02. The SMILES string of the molecule is CCCCCCCc1ccc(-c2ccc(C(=O)OC(COCC)C(F)(F)F)cc2)cc1. The Bertz CT molecular complexity index is 783. The van der Waals surface area contributed by atoms with E-state index in [9.17, 15) is 18.0 Å². The number of hydrogen-bond acceptors (Lipinski definition) is 3. The number of aryl methyl sites for hydroxylation is 1. The third-order valence-corrected chi connectivity index (χ3v) is 5.06. The largest absolute Gasteiger partial charge is 0.447 e. The summed E-state index contributed by atoms with van der Waals surface area (Å²) in [7, 11) is 0. The van der Waals surface area contributed by atoms with Crippen LogP contribution < -0.4 is 0 Å². The van der Waals surface area contributed by atoms with E-state index in [1.54, 1.807) is 19.1 Å². The van der Waals surface area contributed by atoms with Crippen molar-refractivity contribution in [1.29, 1.82) is 0 Å². The number of carbonyl (C=O) groups excluding carboxylic acids is 1. The molecule has 0 aliphatic rings. The number of rotatable bonds is 12. The molecule has 2 aromatic rings. The molecule has 0 aliphatic heterocycles. The quantitative estimate of drug-likeness (QED) is 0.266. The van der Waals surface area contributed by atoms with Crippen LogP contribution in [0.5, 0.6) is 0 Å². The van der Waals surface area contributed by atoms with Crippen LogP contribution in [0.1, 0.15) is 61.9 Å². The molecule has 0 aliphatic carbocycles. The highest BCUT2D eigenvalue weighted by Gasteiger charge is 2.43. The van der Waals surface area contributed by atoms with Crippen molar-refractivity contribution >= 4 is 5.97 Å². The fourth-order valence-corrected chi connectivity index (χ4v) is 3.21. The molecule has 0 saturated carbocycles. The first kappa shape index (κ1) is 24.9. The second-order valence-corrected chi connectivity index (χ2v) is 7.53. The predicted octanol–water partition coefficient (Wildman–Crippen LogP) is 6.99. The Morgan fingerprint density at radius 2 is 1.45 bits per heavy atom. The van der Waals surface area contributed by atoms with Crippen LogP contribution in [0.2, 0.25) is 0 Å².